The third-order valence-corrected chi connectivity index (χ3v) is 0. The topological polar surface area (TPSA) is 253 Å². The summed E-state index contributed by atoms with van der Waals surface area (Å²) in [6, 6.07) is 0. The Kier molecular flexibility index (Phi) is 58.8. The van der Waals surface area contributed by atoms with Crippen LogP contribution in [-0.4, -0.2) is 41.2 Å². The van der Waals surface area contributed by atoms with E-state index in [2.05, 4.69) is 0 Å². The Labute approximate surface area is 121 Å². The minimum Gasteiger partial charge on any atom is -0.328 e. The fourth-order valence-electron chi connectivity index (χ4n) is 0. The number of nitrogens with zero attached hydrogens (tertiary/aromatic N) is 4. The van der Waals surface area contributed by atoms with Crippen molar-refractivity contribution in [2.45, 2.75) is 0 Å². The fourth-order valence-corrected chi connectivity index (χ4v) is 0. The zero-order chi connectivity index (χ0) is 14.3. The second-order valence-electron chi connectivity index (χ2n) is 0.951. The van der Waals surface area contributed by atoms with Gasteiger partial charge in [0.15, 0.2) is 0 Å². The van der Waals surface area contributed by atoms with Crippen molar-refractivity contribution in [1.29, 1.82) is 0 Å². The van der Waals surface area contributed by atoms with Gasteiger partial charge < -0.3 is 20.8 Å². The molecule has 0 fully saturated rings. The molecule has 0 amide bonds. The molecule has 0 aliphatic heterocycles. The third-order valence-electron chi connectivity index (χ3n) is 0. The minimum atomic E-state index is -1.50. The summed E-state index contributed by atoms with van der Waals surface area (Å²) in [6.07, 6.45) is 0. The summed E-state index contributed by atoms with van der Waals surface area (Å²) in [7, 11) is 0. The van der Waals surface area contributed by atoms with Gasteiger partial charge in [0, 0.05) is 39.0 Å². The molecule has 0 heterocycles. The van der Waals surface area contributed by atoms with E-state index in [4.69, 9.17) is 61.3 Å². The zero-order valence-corrected chi connectivity index (χ0v) is 14.2. The van der Waals surface area contributed by atoms with Crippen molar-refractivity contribution in [3.63, 3.8) is 0 Å². The first-order valence-electron chi connectivity index (χ1n) is 2.26. The first-order valence-corrected chi connectivity index (χ1v) is 2.26. The second-order valence-corrected chi connectivity index (χ2v) is 0.951. The maximum absolute atomic E-state index is 8.36. The second kappa shape index (κ2) is 29.4. The van der Waals surface area contributed by atoms with E-state index in [9.17, 15) is 0 Å². The van der Waals surface area contributed by atoms with Crippen molar-refractivity contribution in [2.75, 3.05) is 0 Å². The Morgan fingerprint density at radius 3 is 0.500 bits per heavy atom. The van der Waals surface area contributed by atoms with Crippen LogP contribution in [-0.2, 0) is 39.0 Å². The molecule has 18 heteroatoms. The van der Waals surface area contributed by atoms with Gasteiger partial charge in [0.1, 0.15) is 0 Å². The molecule has 100 valence electrons. The van der Waals surface area contributed by atoms with E-state index in [1.165, 1.54) is 0 Å². The van der Waals surface area contributed by atoms with Crippen molar-refractivity contribution in [3.8, 4) is 0 Å². The molecule has 0 saturated heterocycles. The molecule has 0 aliphatic carbocycles. The van der Waals surface area contributed by atoms with Gasteiger partial charge in [0.05, 0.1) is 0 Å². The van der Waals surface area contributed by atoms with Crippen molar-refractivity contribution >= 4 is 0 Å². The molecule has 0 bridgehead atoms. The van der Waals surface area contributed by atoms with Gasteiger partial charge in [-0.2, -0.15) is 0 Å². The molecular formula is H4N4O12Zn2. The van der Waals surface area contributed by atoms with E-state index in [1.54, 1.807) is 0 Å². The maximum atomic E-state index is 8.36. The van der Waals surface area contributed by atoms with Crippen LogP contribution in [0.5, 0.6) is 0 Å². The molecule has 0 radical (unpaired) electrons. The van der Waals surface area contributed by atoms with Gasteiger partial charge >= 0.3 is 0 Å². The van der Waals surface area contributed by atoms with E-state index in [0.717, 1.165) is 0 Å². The maximum Gasteiger partial charge on any atom is 0.291 e. The fraction of sp³-hybridized carbons (Fsp3) is 0. The summed E-state index contributed by atoms with van der Waals surface area (Å²) in [6.45, 7) is 0. The standard InChI is InChI=1S/4HNO3.2Zn/c4*2-1(3)4;;/h4*(H,2,3,4);;. The van der Waals surface area contributed by atoms with Crippen molar-refractivity contribution in [3.05, 3.63) is 40.5 Å². The zero-order valence-electron chi connectivity index (χ0n) is 8.26. The Hall–Kier alpha value is -1.95. The molecule has 0 atom stereocenters. The van der Waals surface area contributed by atoms with Crippen LogP contribution in [0, 0.1) is 40.5 Å². The van der Waals surface area contributed by atoms with Crippen LogP contribution in [0.2, 0.25) is 0 Å². The van der Waals surface area contributed by atoms with Crippen LogP contribution in [0.15, 0.2) is 0 Å². The van der Waals surface area contributed by atoms with Crippen molar-refractivity contribution in [2.24, 2.45) is 0 Å². The van der Waals surface area contributed by atoms with Gasteiger partial charge in [-0.1, -0.05) is 0 Å². The molecule has 0 aromatic carbocycles. The molecule has 0 spiro atoms. The Morgan fingerprint density at radius 1 is 0.500 bits per heavy atom. The molecule has 0 unspecified atom stereocenters. The first kappa shape index (κ1) is 36.0. The molecule has 0 saturated carbocycles. The van der Waals surface area contributed by atoms with Crippen LogP contribution >= 0.6 is 0 Å². The smallest absolute Gasteiger partial charge is 0.291 e. The number of hydrogen-bond donors (Lipinski definition) is 4. The third kappa shape index (κ3) is 627. The monoisotopic (exact) mass is 380 g/mol. The largest absolute Gasteiger partial charge is 0.328 e. The van der Waals surface area contributed by atoms with Gasteiger partial charge in [-0.15, -0.1) is 40.5 Å². The molecule has 0 aromatic rings. The van der Waals surface area contributed by atoms with E-state index in [0.29, 0.717) is 0 Å². The predicted molar refractivity (Wildman–Crippen MR) is 35.1 cm³/mol. The normalized spacial score (nSPS) is 5.33. The van der Waals surface area contributed by atoms with Crippen LogP contribution in [0.25, 0.3) is 0 Å². The van der Waals surface area contributed by atoms with Crippen LogP contribution in [0.3, 0.4) is 0 Å². The molecule has 4 N–H and O–H groups in total. The van der Waals surface area contributed by atoms with E-state index in [-0.39, 0.29) is 39.0 Å². The van der Waals surface area contributed by atoms with Gasteiger partial charge in [0.2, 0.25) is 0 Å². The van der Waals surface area contributed by atoms with Gasteiger partial charge in [-0.25, -0.2) is 0 Å². The van der Waals surface area contributed by atoms with Gasteiger partial charge in [0.25, 0.3) is 20.3 Å². The van der Waals surface area contributed by atoms with Crippen LogP contribution < -0.4 is 0 Å². The molecule has 0 aromatic heterocycles. The SMILES string of the molecule is O=[N+]([O-])O.O=[N+]([O-])O.O=[N+]([O-])O.O=[N+]([O-])O.[Zn].[Zn]. The molecule has 0 aliphatic rings. The van der Waals surface area contributed by atoms with E-state index >= 15 is 0 Å². The average molecular weight is 383 g/mol. The summed E-state index contributed by atoms with van der Waals surface area (Å²) in [5.41, 5.74) is 0. The van der Waals surface area contributed by atoms with Crippen LogP contribution in [0.1, 0.15) is 0 Å². The number of rotatable bonds is 0. The summed E-state index contributed by atoms with van der Waals surface area (Å²) in [4.78, 5) is 33.4. The first-order chi connectivity index (χ1) is 6.93. The van der Waals surface area contributed by atoms with Crippen LogP contribution in [0.4, 0.5) is 0 Å². The van der Waals surface area contributed by atoms with Gasteiger partial charge in [-0.3, -0.25) is 0 Å². The van der Waals surface area contributed by atoms with Crippen molar-refractivity contribution < 1.29 is 80.1 Å². The summed E-state index contributed by atoms with van der Waals surface area (Å²) < 4.78 is 0. The van der Waals surface area contributed by atoms with Gasteiger partial charge in [-0.05, 0) is 0 Å². The Morgan fingerprint density at radius 2 is 0.500 bits per heavy atom. The molecular weight excluding hydrogens is 379 g/mol. The molecule has 16 nitrogen and oxygen atoms in total. The number of hydrogen-bond acceptors (Lipinski definition) is 8. The predicted octanol–water partition coefficient (Wildman–Crippen LogP) is -1.40. The quantitative estimate of drug-likeness (QED) is 0.214. The summed E-state index contributed by atoms with van der Waals surface area (Å²) >= 11 is 0. The summed E-state index contributed by atoms with van der Waals surface area (Å²) in [5, 5.41) is 54.6. The Bertz CT molecular complexity index is 162. The van der Waals surface area contributed by atoms with Crippen molar-refractivity contribution in [1.82, 2.24) is 0 Å². The molecule has 18 heavy (non-hydrogen) atoms. The minimum absolute atomic E-state index is 0. The average Bonchev–Trinajstić information content (AvgIpc) is 1.76. The summed E-state index contributed by atoms with van der Waals surface area (Å²) in [5.74, 6) is 0. The molecule has 0 rings (SSSR count). The Balaban J connectivity index is -0.0000000257. The van der Waals surface area contributed by atoms with E-state index in [1.807, 2.05) is 0 Å². The van der Waals surface area contributed by atoms with E-state index < -0.39 is 20.3 Å².